The highest BCUT2D eigenvalue weighted by atomic mass is 16.5. The monoisotopic (exact) mass is 216 g/mol. The van der Waals surface area contributed by atoms with Crippen LogP contribution in [0.5, 0.6) is 0 Å². The van der Waals surface area contributed by atoms with Crippen molar-refractivity contribution in [3.8, 4) is 0 Å². The predicted octanol–water partition coefficient (Wildman–Crippen LogP) is 1.59. The van der Waals surface area contributed by atoms with Crippen LogP contribution in [-0.2, 0) is 4.74 Å². The van der Waals surface area contributed by atoms with Crippen molar-refractivity contribution in [1.29, 1.82) is 0 Å². The average molecular weight is 216 g/mol. The molecule has 0 aliphatic heterocycles. The van der Waals surface area contributed by atoms with Crippen molar-refractivity contribution >= 4 is 0 Å². The number of nitrogens with one attached hydrogen (secondary N) is 1. The number of hydrogen-bond acceptors (Lipinski definition) is 3. The average Bonchev–Trinajstić information content (AvgIpc) is 2.20. The lowest BCUT2D eigenvalue weighted by molar-refractivity contribution is 0.148. The van der Waals surface area contributed by atoms with Crippen molar-refractivity contribution in [3.63, 3.8) is 0 Å². The standard InChI is InChI=1S/C12H28N2O/c1-5-15-11-8-13-7-10-14(4)9-6-12(2)3/h12-13H,5-11H2,1-4H3. The van der Waals surface area contributed by atoms with Gasteiger partial charge in [0, 0.05) is 26.2 Å². The molecule has 0 heterocycles. The zero-order chi connectivity index (χ0) is 11.5. The molecular weight excluding hydrogens is 188 g/mol. The van der Waals surface area contributed by atoms with Crippen LogP contribution < -0.4 is 5.32 Å². The Bertz CT molecular complexity index is 129. The fourth-order valence-electron chi connectivity index (χ4n) is 1.27. The summed E-state index contributed by atoms with van der Waals surface area (Å²) in [5, 5.41) is 3.37. The molecule has 0 spiro atoms. The number of hydrogen-bond donors (Lipinski definition) is 1. The Morgan fingerprint density at radius 3 is 2.53 bits per heavy atom. The molecule has 1 N–H and O–H groups in total. The summed E-state index contributed by atoms with van der Waals surface area (Å²) >= 11 is 0. The lowest BCUT2D eigenvalue weighted by Crippen LogP contribution is -2.32. The highest BCUT2D eigenvalue weighted by Gasteiger charge is 1.99. The van der Waals surface area contributed by atoms with Crippen molar-refractivity contribution in [2.45, 2.75) is 27.2 Å². The Balaban J connectivity index is 3.13. The normalized spacial score (nSPS) is 11.6. The summed E-state index contributed by atoms with van der Waals surface area (Å²) in [5.41, 5.74) is 0. The van der Waals surface area contributed by atoms with Crippen LogP contribution >= 0.6 is 0 Å². The summed E-state index contributed by atoms with van der Waals surface area (Å²) in [6, 6.07) is 0. The topological polar surface area (TPSA) is 24.5 Å². The van der Waals surface area contributed by atoms with Crippen molar-refractivity contribution in [3.05, 3.63) is 0 Å². The summed E-state index contributed by atoms with van der Waals surface area (Å²) in [4.78, 5) is 2.38. The third-order valence-electron chi connectivity index (χ3n) is 2.39. The van der Waals surface area contributed by atoms with Crippen LogP contribution in [0.3, 0.4) is 0 Å². The summed E-state index contributed by atoms with van der Waals surface area (Å²) < 4.78 is 5.24. The molecule has 0 aromatic heterocycles. The molecule has 0 aromatic rings. The van der Waals surface area contributed by atoms with Gasteiger partial charge in [0.1, 0.15) is 0 Å². The van der Waals surface area contributed by atoms with E-state index in [0.29, 0.717) is 0 Å². The zero-order valence-electron chi connectivity index (χ0n) is 10.9. The molecule has 0 aromatic carbocycles. The molecule has 15 heavy (non-hydrogen) atoms. The van der Waals surface area contributed by atoms with Gasteiger partial charge in [-0.05, 0) is 32.9 Å². The number of rotatable bonds is 10. The van der Waals surface area contributed by atoms with Gasteiger partial charge in [0.2, 0.25) is 0 Å². The van der Waals surface area contributed by atoms with Gasteiger partial charge in [-0.2, -0.15) is 0 Å². The Morgan fingerprint density at radius 2 is 1.93 bits per heavy atom. The lowest BCUT2D eigenvalue weighted by atomic mass is 10.1. The fraction of sp³-hybridized carbons (Fsp3) is 1.00. The van der Waals surface area contributed by atoms with Gasteiger partial charge in [0.15, 0.2) is 0 Å². The van der Waals surface area contributed by atoms with Crippen LogP contribution in [0.4, 0.5) is 0 Å². The summed E-state index contributed by atoms with van der Waals surface area (Å²) in [7, 11) is 2.19. The molecule has 0 rings (SSSR count). The summed E-state index contributed by atoms with van der Waals surface area (Å²) in [6.07, 6.45) is 1.29. The first-order chi connectivity index (χ1) is 7.16. The fourth-order valence-corrected chi connectivity index (χ4v) is 1.27. The quantitative estimate of drug-likeness (QED) is 0.561. The Hall–Kier alpha value is -0.120. The predicted molar refractivity (Wildman–Crippen MR) is 66.3 cm³/mol. The van der Waals surface area contributed by atoms with E-state index in [4.69, 9.17) is 4.74 Å². The SMILES string of the molecule is CCOCCNCCN(C)CCC(C)C. The van der Waals surface area contributed by atoms with Crippen LogP contribution in [0.15, 0.2) is 0 Å². The van der Waals surface area contributed by atoms with Crippen LogP contribution in [0.1, 0.15) is 27.2 Å². The van der Waals surface area contributed by atoms with Gasteiger partial charge in [-0.15, -0.1) is 0 Å². The first-order valence-electron chi connectivity index (χ1n) is 6.13. The molecule has 3 heteroatoms. The maximum Gasteiger partial charge on any atom is 0.0590 e. The van der Waals surface area contributed by atoms with E-state index in [1.54, 1.807) is 0 Å². The van der Waals surface area contributed by atoms with E-state index < -0.39 is 0 Å². The lowest BCUT2D eigenvalue weighted by Gasteiger charge is -2.17. The maximum absolute atomic E-state index is 5.24. The molecular formula is C12H28N2O. The molecule has 92 valence electrons. The van der Waals surface area contributed by atoms with Crippen LogP contribution in [0.25, 0.3) is 0 Å². The first-order valence-corrected chi connectivity index (χ1v) is 6.13. The third-order valence-corrected chi connectivity index (χ3v) is 2.39. The minimum atomic E-state index is 0.804. The molecule has 0 unspecified atom stereocenters. The number of nitrogens with zero attached hydrogens (tertiary/aromatic N) is 1. The molecule has 0 atom stereocenters. The highest BCUT2D eigenvalue weighted by Crippen LogP contribution is 1.99. The van der Waals surface area contributed by atoms with Gasteiger partial charge in [0.05, 0.1) is 6.61 Å². The second-order valence-electron chi connectivity index (χ2n) is 4.43. The van der Waals surface area contributed by atoms with Crippen molar-refractivity contribution in [2.24, 2.45) is 5.92 Å². The molecule has 0 radical (unpaired) electrons. The number of likely N-dealkylation sites (N-methyl/N-ethyl adjacent to an activating group) is 1. The Kier molecular flexibility index (Phi) is 10.3. The van der Waals surface area contributed by atoms with Crippen LogP contribution in [0.2, 0.25) is 0 Å². The largest absolute Gasteiger partial charge is 0.380 e. The second-order valence-corrected chi connectivity index (χ2v) is 4.43. The first kappa shape index (κ1) is 14.9. The van der Waals surface area contributed by atoms with Crippen molar-refractivity contribution in [1.82, 2.24) is 10.2 Å². The third kappa shape index (κ3) is 11.8. The van der Waals surface area contributed by atoms with Gasteiger partial charge < -0.3 is 15.0 Å². The maximum atomic E-state index is 5.24. The smallest absolute Gasteiger partial charge is 0.0590 e. The Labute approximate surface area is 95.2 Å². The van der Waals surface area contributed by atoms with Gasteiger partial charge >= 0.3 is 0 Å². The van der Waals surface area contributed by atoms with Gasteiger partial charge in [-0.3, -0.25) is 0 Å². The molecule has 0 bridgehead atoms. The minimum absolute atomic E-state index is 0.804. The van der Waals surface area contributed by atoms with E-state index in [-0.39, 0.29) is 0 Å². The Morgan fingerprint density at radius 1 is 1.20 bits per heavy atom. The minimum Gasteiger partial charge on any atom is -0.380 e. The van der Waals surface area contributed by atoms with E-state index >= 15 is 0 Å². The summed E-state index contributed by atoms with van der Waals surface area (Å²) in [5.74, 6) is 0.804. The van der Waals surface area contributed by atoms with E-state index in [1.807, 2.05) is 6.92 Å². The van der Waals surface area contributed by atoms with Gasteiger partial charge in [-0.1, -0.05) is 13.8 Å². The molecule has 0 fully saturated rings. The summed E-state index contributed by atoms with van der Waals surface area (Å²) in [6.45, 7) is 12.6. The zero-order valence-corrected chi connectivity index (χ0v) is 10.9. The van der Waals surface area contributed by atoms with Crippen LogP contribution in [0, 0.1) is 5.92 Å². The van der Waals surface area contributed by atoms with Crippen LogP contribution in [-0.4, -0.2) is 51.3 Å². The van der Waals surface area contributed by atoms with Crippen molar-refractivity contribution < 1.29 is 4.74 Å². The van der Waals surface area contributed by atoms with E-state index in [1.165, 1.54) is 13.0 Å². The van der Waals surface area contributed by atoms with E-state index in [2.05, 4.69) is 31.1 Å². The molecule has 0 saturated heterocycles. The van der Waals surface area contributed by atoms with Gasteiger partial charge in [-0.25, -0.2) is 0 Å². The molecule has 0 aliphatic rings. The van der Waals surface area contributed by atoms with Crippen molar-refractivity contribution in [2.75, 3.05) is 46.4 Å². The van der Waals surface area contributed by atoms with E-state index in [9.17, 15) is 0 Å². The number of ether oxygens (including phenoxy) is 1. The molecule has 0 saturated carbocycles. The second kappa shape index (κ2) is 10.4. The highest BCUT2D eigenvalue weighted by molar-refractivity contribution is 4.56. The molecule has 0 aliphatic carbocycles. The molecule has 3 nitrogen and oxygen atoms in total. The molecule has 0 amide bonds. The van der Waals surface area contributed by atoms with Gasteiger partial charge in [0.25, 0.3) is 0 Å². The van der Waals surface area contributed by atoms with E-state index in [0.717, 1.165) is 38.8 Å².